The second kappa shape index (κ2) is 4.15. The first-order valence-electron chi connectivity index (χ1n) is 3.71. The molecule has 0 bridgehead atoms. The van der Waals surface area contributed by atoms with E-state index >= 15 is 0 Å². The topological polar surface area (TPSA) is 43.8 Å². The zero-order valence-electron chi connectivity index (χ0n) is 6.58. The van der Waals surface area contributed by atoms with Gasteiger partial charge in [-0.25, -0.2) is 13.8 Å². The molecule has 0 saturated heterocycles. The van der Waals surface area contributed by atoms with Gasteiger partial charge in [-0.3, -0.25) is 0 Å². The Bertz CT molecular complexity index is 234. The first kappa shape index (κ1) is 9.12. The molecule has 1 aromatic rings. The zero-order valence-corrected chi connectivity index (χ0v) is 6.58. The van der Waals surface area contributed by atoms with Gasteiger partial charge < -0.3 is 10.3 Å². The maximum Gasteiger partial charge on any atom is 0.240 e. The first-order chi connectivity index (χ1) is 5.74. The number of aromatic nitrogens is 2. The molecule has 12 heavy (non-hydrogen) atoms. The molecule has 0 aliphatic carbocycles. The van der Waals surface area contributed by atoms with Gasteiger partial charge in [0.15, 0.2) is 0 Å². The molecule has 0 aromatic carbocycles. The summed E-state index contributed by atoms with van der Waals surface area (Å²) in [6, 6.07) is 0. The van der Waals surface area contributed by atoms with Crippen LogP contribution in [0.25, 0.3) is 0 Å². The molecule has 0 spiro atoms. The molecule has 0 unspecified atom stereocenters. The van der Waals surface area contributed by atoms with Crippen LogP contribution in [0.2, 0.25) is 0 Å². The van der Waals surface area contributed by atoms with E-state index in [4.69, 9.17) is 5.73 Å². The van der Waals surface area contributed by atoms with Crippen molar-refractivity contribution in [2.45, 2.75) is 25.9 Å². The van der Waals surface area contributed by atoms with Gasteiger partial charge in [0, 0.05) is 25.7 Å². The Labute approximate surface area is 69.2 Å². The number of hydrogen-bond donors (Lipinski definition) is 1. The van der Waals surface area contributed by atoms with E-state index in [0.717, 1.165) is 5.69 Å². The minimum atomic E-state index is -2.27. The lowest BCUT2D eigenvalue weighted by molar-refractivity contribution is 0.131. The van der Waals surface area contributed by atoms with Crippen LogP contribution >= 0.6 is 0 Å². The summed E-state index contributed by atoms with van der Waals surface area (Å²) in [6.45, 7) is 0.618. The van der Waals surface area contributed by atoms with Gasteiger partial charge in [0.25, 0.3) is 0 Å². The summed E-state index contributed by atoms with van der Waals surface area (Å²) >= 11 is 0. The lowest BCUT2D eigenvalue weighted by Crippen LogP contribution is -2.08. The van der Waals surface area contributed by atoms with Crippen molar-refractivity contribution in [1.82, 2.24) is 9.55 Å². The molecule has 3 nitrogen and oxygen atoms in total. The molecule has 0 aliphatic heterocycles. The van der Waals surface area contributed by atoms with Crippen molar-refractivity contribution >= 4 is 0 Å². The lowest BCUT2D eigenvalue weighted by atomic mass is 10.4. The Morgan fingerprint density at radius 1 is 1.58 bits per heavy atom. The smallest absolute Gasteiger partial charge is 0.240 e. The van der Waals surface area contributed by atoms with Crippen LogP contribution in [-0.4, -0.2) is 16.0 Å². The van der Waals surface area contributed by atoms with Crippen LogP contribution in [0.4, 0.5) is 8.78 Å². The number of alkyl halides is 2. The van der Waals surface area contributed by atoms with Gasteiger partial charge in [0.2, 0.25) is 6.43 Å². The highest BCUT2D eigenvalue weighted by Crippen LogP contribution is 2.04. The van der Waals surface area contributed by atoms with Crippen molar-refractivity contribution in [3.05, 3.63) is 18.2 Å². The van der Waals surface area contributed by atoms with Gasteiger partial charge in [-0.15, -0.1) is 0 Å². The number of imidazole rings is 1. The van der Waals surface area contributed by atoms with Crippen LogP contribution < -0.4 is 5.73 Å². The van der Waals surface area contributed by atoms with E-state index < -0.39 is 6.43 Å². The maximum absolute atomic E-state index is 11.8. The number of hydrogen-bond acceptors (Lipinski definition) is 2. The van der Waals surface area contributed by atoms with Crippen LogP contribution in [0.5, 0.6) is 0 Å². The zero-order chi connectivity index (χ0) is 8.97. The van der Waals surface area contributed by atoms with Crippen molar-refractivity contribution in [2.75, 3.05) is 0 Å². The van der Waals surface area contributed by atoms with Crippen molar-refractivity contribution in [1.29, 1.82) is 0 Å². The summed E-state index contributed by atoms with van der Waals surface area (Å²) in [5.41, 5.74) is 6.14. The van der Waals surface area contributed by atoms with E-state index in [1.165, 1.54) is 6.33 Å². The van der Waals surface area contributed by atoms with E-state index in [1.54, 1.807) is 10.8 Å². The average molecular weight is 175 g/mol. The van der Waals surface area contributed by atoms with Gasteiger partial charge in [-0.05, 0) is 0 Å². The van der Waals surface area contributed by atoms with Crippen molar-refractivity contribution < 1.29 is 8.78 Å². The molecule has 0 aliphatic rings. The molecule has 0 fully saturated rings. The van der Waals surface area contributed by atoms with Crippen LogP contribution in [0.3, 0.4) is 0 Å². The Morgan fingerprint density at radius 2 is 2.33 bits per heavy atom. The third-order valence-electron chi connectivity index (χ3n) is 1.60. The van der Waals surface area contributed by atoms with Gasteiger partial charge >= 0.3 is 0 Å². The number of nitrogens with two attached hydrogens (primary N) is 1. The van der Waals surface area contributed by atoms with Gasteiger partial charge in [0.1, 0.15) is 0 Å². The molecular formula is C7H11F2N3. The fraction of sp³-hybridized carbons (Fsp3) is 0.571. The van der Waals surface area contributed by atoms with E-state index in [1.807, 2.05) is 0 Å². The standard InChI is InChI=1S/C7H11F2N3/c8-7(9)1-2-12-5-11-4-6(12)3-10/h4-5,7H,1-3,10H2. The fourth-order valence-corrected chi connectivity index (χ4v) is 0.956. The number of halogens is 2. The summed E-state index contributed by atoms with van der Waals surface area (Å²) in [4.78, 5) is 3.81. The second-order valence-corrected chi connectivity index (χ2v) is 2.46. The van der Waals surface area contributed by atoms with Gasteiger partial charge in [-0.1, -0.05) is 0 Å². The third kappa shape index (κ3) is 2.27. The second-order valence-electron chi connectivity index (χ2n) is 2.46. The van der Waals surface area contributed by atoms with E-state index in [-0.39, 0.29) is 13.0 Å². The van der Waals surface area contributed by atoms with E-state index in [9.17, 15) is 8.78 Å². The molecule has 1 rings (SSSR count). The number of aryl methyl sites for hydroxylation is 1. The predicted molar refractivity (Wildman–Crippen MR) is 40.7 cm³/mol. The largest absolute Gasteiger partial charge is 0.333 e. The van der Waals surface area contributed by atoms with Crippen LogP contribution in [0, 0.1) is 0 Å². The molecule has 2 N–H and O–H groups in total. The van der Waals surface area contributed by atoms with Crippen molar-refractivity contribution in [3.8, 4) is 0 Å². The van der Waals surface area contributed by atoms with E-state index in [0.29, 0.717) is 6.54 Å². The molecule has 68 valence electrons. The van der Waals surface area contributed by atoms with Crippen molar-refractivity contribution in [3.63, 3.8) is 0 Å². The van der Waals surface area contributed by atoms with E-state index in [2.05, 4.69) is 4.98 Å². The highest BCUT2D eigenvalue weighted by Gasteiger charge is 2.04. The number of rotatable bonds is 4. The molecule has 1 aromatic heterocycles. The summed E-state index contributed by atoms with van der Waals surface area (Å²) in [7, 11) is 0. The Morgan fingerprint density at radius 3 is 2.92 bits per heavy atom. The third-order valence-corrected chi connectivity index (χ3v) is 1.60. The molecule has 0 atom stereocenters. The van der Waals surface area contributed by atoms with Crippen molar-refractivity contribution in [2.24, 2.45) is 5.73 Å². The Hall–Kier alpha value is -0.970. The summed E-state index contributed by atoms with van der Waals surface area (Å²) < 4.78 is 25.2. The molecule has 0 amide bonds. The molecule has 5 heteroatoms. The lowest BCUT2D eigenvalue weighted by Gasteiger charge is -2.04. The Balaban J connectivity index is 2.50. The minimum Gasteiger partial charge on any atom is -0.333 e. The maximum atomic E-state index is 11.8. The molecule has 0 saturated carbocycles. The molecule has 0 radical (unpaired) electrons. The predicted octanol–water partition coefficient (Wildman–Crippen LogP) is 0.997. The normalized spacial score (nSPS) is 11.0. The molecule has 1 heterocycles. The summed E-state index contributed by atoms with van der Waals surface area (Å²) in [5, 5.41) is 0. The highest BCUT2D eigenvalue weighted by atomic mass is 19.3. The van der Waals surface area contributed by atoms with Gasteiger partial charge in [0.05, 0.1) is 12.0 Å². The van der Waals surface area contributed by atoms with Crippen LogP contribution in [-0.2, 0) is 13.1 Å². The SMILES string of the molecule is NCc1cncn1CCC(F)F. The highest BCUT2D eigenvalue weighted by molar-refractivity contribution is 4.96. The van der Waals surface area contributed by atoms with Crippen LogP contribution in [0.1, 0.15) is 12.1 Å². The minimum absolute atomic E-state index is 0.149. The summed E-state index contributed by atoms with van der Waals surface area (Å²) in [6.07, 6.45) is 0.692. The van der Waals surface area contributed by atoms with Crippen LogP contribution in [0.15, 0.2) is 12.5 Å². The molecular weight excluding hydrogens is 164 g/mol. The first-order valence-corrected chi connectivity index (χ1v) is 3.71. The number of nitrogens with zero attached hydrogens (tertiary/aromatic N) is 2. The Kier molecular flexibility index (Phi) is 3.16. The summed E-state index contributed by atoms with van der Waals surface area (Å²) in [5.74, 6) is 0. The average Bonchev–Trinajstić information content (AvgIpc) is 2.47. The quantitative estimate of drug-likeness (QED) is 0.741. The fourth-order valence-electron chi connectivity index (χ4n) is 0.956. The monoisotopic (exact) mass is 175 g/mol. The van der Waals surface area contributed by atoms with Gasteiger partial charge in [-0.2, -0.15) is 0 Å².